The van der Waals surface area contributed by atoms with E-state index in [9.17, 15) is 24.3 Å². The quantitative estimate of drug-likeness (QED) is 0.103. The van der Waals surface area contributed by atoms with Crippen LogP contribution in [0.1, 0.15) is 22.5 Å². The van der Waals surface area contributed by atoms with Crippen molar-refractivity contribution in [3.63, 3.8) is 0 Å². The zero-order chi connectivity index (χ0) is 30.6. The van der Waals surface area contributed by atoms with E-state index in [-0.39, 0.29) is 25.7 Å². The summed E-state index contributed by atoms with van der Waals surface area (Å²) in [5, 5.41) is 17.8. The molecule has 0 bridgehead atoms. The van der Waals surface area contributed by atoms with Gasteiger partial charge in [-0.25, -0.2) is 14.8 Å². The number of hydrogen-bond acceptors (Lipinski definition) is 7. The second-order valence-electron chi connectivity index (χ2n) is 10.1. The summed E-state index contributed by atoms with van der Waals surface area (Å²) in [6, 6.07) is 13.4. The number of nitrogens with two attached hydrogens (primary N) is 1. The largest absolute Gasteiger partial charge is 0.480 e. The van der Waals surface area contributed by atoms with Crippen LogP contribution >= 0.6 is 0 Å². The Bertz CT molecular complexity index is 1460. The molecule has 0 aliphatic carbocycles. The van der Waals surface area contributed by atoms with Crippen molar-refractivity contribution in [3.05, 3.63) is 108 Å². The molecule has 2 heterocycles. The highest BCUT2D eigenvalue weighted by Gasteiger charge is 2.31. The molecule has 0 saturated carbocycles. The minimum atomic E-state index is -1.23. The second kappa shape index (κ2) is 15.1. The van der Waals surface area contributed by atoms with Crippen molar-refractivity contribution in [3.8, 4) is 0 Å². The molecule has 13 heteroatoms. The van der Waals surface area contributed by atoms with E-state index in [1.807, 2.05) is 12.1 Å². The van der Waals surface area contributed by atoms with Gasteiger partial charge in [0.2, 0.25) is 17.7 Å². The summed E-state index contributed by atoms with van der Waals surface area (Å²) in [7, 11) is 0. The van der Waals surface area contributed by atoms with Gasteiger partial charge in [0.1, 0.15) is 18.1 Å². The fraction of sp³-hybridized carbons (Fsp3) is 0.267. The smallest absolute Gasteiger partial charge is 0.326 e. The molecule has 8 N–H and O–H groups in total. The van der Waals surface area contributed by atoms with Crippen molar-refractivity contribution in [2.45, 2.75) is 49.9 Å². The Balaban J connectivity index is 1.51. The molecular formula is C30H34N8O5. The molecule has 2 aromatic heterocycles. The maximum absolute atomic E-state index is 13.6. The van der Waals surface area contributed by atoms with Crippen molar-refractivity contribution in [2.24, 2.45) is 5.73 Å². The monoisotopic (exact) mass is 586 g/mol. The van der Waals surface area contributed by atoms with Crippen LogP contribution in [-0.4, -0.2) is 72.9 Å². The van der Waals surface area contributed by atoms with Crippen LogP contribution in [0.25, 0.3) is 0 Å². The molecule has 0 fully saturated rings. The Hall–Kier alpha value is -5.30. The first-order valence-electron chi connectivity index (χ1n) is 13.7. The summed E-state index contributed by atoms with van der Waals surface area (Å²) in [6.07, 6.45) is 6.34. The molecule has 0 saturated heterocycles. The number of amides is 3. The van der Waals surface area contributed by atoms with Crippen LogP contribution in [0.4, 0.5) is 0 Å². The lowest BCUT2D eigenvalue weighted by atomic mass is 10.0. The first-order valence-corrected chi connectivity index (χ1v) is 13.7. The van der Waals surface area contributed by atoms with Gasteiger partial charge in [0.05, 0.1) is 18.7 Å². The topological polar surface area (TPSA) is 208 Å². The van der Waals surface area contributed by atoms with Crippen molar-refractivity contribution >= 4 is 23.7 Å². The zero-order valence-corrected chi connectivity index (χ0v) is 23.3. The van der Waals surface area contributed by atoms with E-state index in [4.69, 9.17) is 5.73 Å². The lowest BCUT2D eigenvalue weighted by molar-refractivity contribution is -0.142. The van der Waals surface area contributed by atoms with E-state index in [1.165, 1.54) is 18.9 Å². The van der Waals surface area contributed by atoms with Crippen LogP contribution in [0.15, 0.2) is 85.7 Å². The van der Waals surface area contributed by atoms with Gasteiger partial charge in [-0.2, -0.15) is 0 Å². The number of imidazole rings is 2. The average molecular weight is 587 g/mol. The molecule has 13 nitrogen and oxygen atoms in total. The summed E-state index contributed by atoms with van der Waals surface area (Å²) >= 11 is 0. The van der Waals surface area contributed by atoms with Crippen LogP contribution in [0.5, 0.6) is 0 Å². The molecule has 4 rings (SSSR count). The normalized spacial score (nSPS) is 13.7. The average Bonchev–Trinajstić information content (AvgIpc) is 3.72. The third kappa shape index (κ3) is 9.36. The lowest BCUT2D eigenvalue weighted by Gasteiger charge is -2.25. The van der Waals surface area contributed by atoms with E-state index in [2.05, 4.69) is 35.9 Å². The highest BCUT2D eigenvalue weighted by Crippen LogP contribution is 2.09. The van der Waals surface area contributed by atoms with E-state index < -0.39 is 47.9 Å². The van der Waals surface area contributed by atoms with E-state index in [0.717, 1.165) is 11.1 Å². The number of benzene rings is 2. The van der Waals surface area contributed by atoms with E-state index in [1.54, 1.807) is 54.7 Å². The number of nitrogens with one attached hydrogen (secondary N) is 5. The highest BCUT2D eigenvalue weighted by molar-refractivity contribution is 5.94. The number of aliphatic carboxylic acids is 1. The maximum Gasteiger partial charge on any atom is 0.326 e. The molecule has 2 aromatic carbocycles. The predicted molar refractivity (Wildman–Crippen MR) is 156 cm³/mol. The number of carbonyl (C=O) groups excluding carboxylic acids is 3. The van der Waals surface area contributed by atoms with Crippen LogP contribution in [0.2, 0.25) is 0 Å². The first kappa shape index (κ1) is 30.7. The number of carboxylic acids is 1. The van der Waals surface area contributed by atoms with Crippen LogP contribution in [0.3, 0.4) is 0 Å². The summed E-state index contributed by atoms with van der Waals surface area (Å²) in [4.78, 5) is 65.9. The molecule has 224 valence electrons. The third-order valence-electron chi connectivity index (χ3n) is 6.76. The first-order chi connectivity index (χ1) is 20.8. The Morgan fingerprint density at radius 2 is 1.09 bits per heavy atom. The third-order valence-corrected chi connectivity index (χ3v) is 6.76. The Labute approximate surface area is 247 Å². The summed E-state index contributed by atoms with van der Waals surface area (Å²) in [5.74, 6) is -3.12. The Morgan fingerprint density at radius 3 is 1.58 bits per heavy atom. The van der Waals surface area contributed by atoms with Crippen molar-refractivity contribution in [1.29, 1.82) is 0 Å². The molecule has 0 aliphatic heterocycles. The molecule has 3 amide bonds. The highest BCUT2D eigenvalue weighted by atomic mass is 16.4. The number of H-pyrrole nitrogens is 2. The van der Waals surface area contributed by atoms with Crippen LogP contribution in [-0.2, 0) is 44.9 Å². The maximum atomic E-state index is 13.6. The molecular weight excluding hydrogens is 552 g/mol. The van der Waals surface area contributed by atoms with Gasteiger partial charge in [0, 0.05) is 49.5 Å². The van der Waals surface area contributed by atoms with Gasteiger partial charge in [0.25, 0.3) is 0 Å². The minimum absolute atomic E-state index is 0.0415. The SMILES string of the molecule is NC(Cc1cnc[nH]1)C(=O)NC(Cc1cnc[nH]1)C(=O)NC(Cc1ccccc1)C(=O)NC(Cc1ccccc1)C(=O)O. The molecule has 0 aliphatic rings. The van der Waals surface area contributed by atoms with Gasteiger partial charge in [-0.05, 0) is 11.1 Å². The number of carboxylic acid groups (broad SMARTS) is 1. The number of aromatic amines is 2. The van der Waals surface area contributed by atoms with E-state index in [0.29, 0.717) is 11.4 Å². The molecule has 4 unspecified atom stereocenters. The molecule has 0 radical (unpaired) electrons. The number of nitrogens with zero attached hydrogens (tertiary/aromatic N) is 2. The summed E-state index contributed by atoms with van der Waals surface area (Å²) in [6.45, 7) is 0. The lowest BCUT2D eigenvalue weighted by Crippen LogP contribution is -2.58. The minimum Gasteiger partial charge on any atom is -0.480 e. The van der Waals surface area contributed by atoms with Crippen molar-refractivity contribution in [2.75, 3.05) is 0 Å². The summed E-state index contributed by atoms with van der Waals surface area (Å²) in [5.41, 5.74) is 8.79. The Kier molecular flexibility index (Phi) is 10.7. The number of rotatable bonds is 15. The fourth-order valence-electron chi connectivity index (χ4n) is 4.48. The van der Waals surface area contributed by atoms with Crippen molar-refractivity contribution < 1.29 is 24.3 Å². The molecule has 4 atom stereocenters. The zero-order valence-electron chi connectivity index (χ0n) is 23.3. The molecule has 0 spiro atoms. The van der Waals surface area contributed by atoms with Gasteiger partial charge in [0.15, 0.2) is 0 Å². The van der Waals surface area contributed by atoms with E-state index >= 15 is 0 Å². The van der Waals surface area contributed by atoms with Crippen molar-refractivity contribution in [1.82, 2.24) is 35.9 Å². The second-order valence-corrected chi connectivity index (χ2v) is 10.1. The molecule has 4 aromatic rings. The summed E-state index contributed by atoms with van der Waals surface area (Å²) < 4.78 is 0. The van der Waals surface area contributed by atoms with Gasteiger partial charge < -0.3 is 36.8 Å². The number of hydrogen-bond donors (Lipinski definition) is 7. The Morgan fingerprint density at radius 1 is 0.651 bits per heavy atom. The van der Waals surface area contributed by atoms with Gasteiger partial charge in [-0.15, -0.1) is 0 Å². The number of aromatic nitrogens is 4. The van der Waals surface area contributed by atoms with Crippen LogP contribution < -0.4 is 21.7 Å². The van der Waals surface area contributed by atoms with Crippen LogP contribution in [0, 0.1) is 0 Å². The fourth-order valence-corrected chi connectivity index (χ4v) is 4.48. The predicted octanol–water partition coefficient (Wildman–Crippen LogP) is 0.270. The molecule has 43 heavy (non-hydrogen) atoms. The standard InChI is InChI=1S/C30H34N8O5/c31-23(13-21-15-32-17-34-21)27(39)36-25(14-22-16-33-18-35-22)29(41)37-24(11-19-7-3-1-4-8-19)28(40)38-26(30(42)43)12-20-9-5-2-6-10-20/h1-10,15-18,23-26H,11-14,31H2,(H,32,34)(H,33,35)(H,36,39)(H,37,41)(H,38,40)(H,42,43). The van der Waals surface area contributed by atoms with Gasteiger partial charge in [-0.3, -0.25) is 14.4 Å². The van der Waals surface area contributed by atoms with Gasteiger partial charge in [-0.1, -0.05) is 60.7 Å². The number of carbonyl (C=O) groups is 4. The van der Waals surface area contributed by atoms with Gasteiger partial charge >= 0.3 is 5.97 Å².